The van der Waals surface area contributed by atoms with Crippen molar-refractivity contribution in [2.75, 3.05) is 7.11 Å². The summed E-state index contributed by atoms with van der Waals surface area (Å²) < 4.78 is 5.89. The third-order valence-corrected chi connectivity index (χ3v) is 5.91. The van der Waals surface area contributed by atoms with Gasteiger partial charge in [0.05, 0.1) is 11.3 Å². The zero-order valence-corrected chi connectivity index (χ0v) is 12.9. The number of hydrogen-bond donors (Lipinski definition) is 1. The van der Waals surface area contributed by atoms with Crippen LogP contribution >= 0.6 is 0 Å². The number of ether oxygens (including phenoxy) is 1. The van der Waals surface area contributed by atoms with Gasteiger partial charge in [-0.3, -0.25) is 0 Å². The lowest BCUT2D eigenvalue weighted by Gasteiger charge is -2.52. The van der Waals surface area contributed by atoms with Crippen LogP contribution < -0.4 is 0 Å². The van der Waals surface area contributed by atoms with Crippen LogP contribution in [0.25, 0.3) is 0 Å². The molecule has 0 saturated heterocycles. The van der Waals surface area contributed by atoms with Gasteiger partial charge in [0.15, 0.2) is 0 Å². The summed E-state index contributed by atoms with van der Waals surface area (Å²) in [6.07, 6.45) is 6.81. The lowest BCUT2D eigenvalue weighted by molar-refractivity contribution is -0.0974. The van der Waals surface area contributed by atoms with E-state index in [1.165, 1.54) is 25.7 Å². The molecule has 3 nitrogen and oxygen atoms in total. The summed E-state index contributed by atoms with van der Waals surface area (Å²) >= 11 is 0. The fourth-order valence-corrected chi connectivity index (χ4v) is 4.49. The Morgan fingerprint density at radius 2 is 2.05 bits per heavy atom. The van der Waals surface area contributed by atoms with Gasteiger partial charge in [0, 0.05) is 13.0 Å². The zero-order chi connectivity index (χ0) is 14.0. The molecule has 19 heavy (non-hydrogen) atoms. The van der Waals surface area contributed by atoms with Gasteiger partial charge >= 0.3 is 0 Å². The predicted octanol–water partition coefficient (Wildman–Crippen LogP) is 4.09. The lowest BCUT2D eigenvalue weighted by Crippen LogP contribution is -2.53. The molecule has 2 rings (SSSR count). The number of rotatable bonds is 3. The molecular formula is C16H29NO2. The first-order chi connectivity index (χ1) is 9.09. The molecule has 0 heterocycles. The summed E-state index contributed by atoms with van der Waals surface area (Å²) in [7, 11) is 1.84. The highest BCUT2D eigenvalue weighted by molar-refractivity contribution is 5.88. The minimum atomic E-state index is -0.0416. The van der Waals surface area contributed by atoms with E-state index in [-0.39, 0.29) is 5.60 Å². The van der Waals surface area contributed by atoms with E-state index < -0.39 is 0 Å². The maximum absolute atomic E-state index is 9.36. The van der Waals surface area contributed by atoms with E-state index in [1.54, 1.807) is 0 Å². The van der Waals surface area contributed by atoms with Crippen molar-refractivity contribution in [3.8, 4) is 0 Å². The molecule has 5 atom stereocenters. The molecule has 0 bridgehead atoms. The Hall–Kier alpha value is -0.570. The van der Waals surface area contributed by atoms with Crippen molar-refractivity contribution in [1.29, 1.82) is 0 Å². The molecule has 2 saturated carbocycles. The van der Waals surface area contributed by atoms with E-state index in [0.29, 0.717) is 17.8 Å². The number of methoxy groups -OCH3 is 1. The smallest absolute Gasteiger partial charge is 0.0688 e. The van der Waals surface area contributed by atoms with Crippen LogP contribution in [0.1, 0.15) is 59.3 Å². The van der Waals surface area contributed by atoms with Gasteiger partial charge in [-0.1, -0.05) is 31.8 Å². The SMILES string of the molecule is CCC1C[C@H](CC)[C@@H]2/C(=N/O)CCC(C)(OC)[C@@H]2C1. The fraction of sp³-hybridized carbons (Fsp3) is 0.938. The molecule has 2 unspecified atom stereocenters. The Morgan fingerprint density at radius 3 is 2.58 bits per heavy atom. The molecule has 0 aromatic heterocycles. The van der Waals surface area contributed by atoms with Crippen LogP contribution in [-0.2, 0) is 4.74 Å². The van der Waals surface area contributed by atoms with Crippen molar-refractivity contribution in [3.05, 3.63) is 0 Å². The second kappa shape index (κ2) is 5.82. The molecule has 0 spiro atoms. The van der Waals surface area contributed by atoms with Crippen molar-refractivity contribution in [3.63, 3.8) is 0 Å². The van der Waals surface area contributed by atoms with E-state index in [0.717, 1.165) is 24.5 Å². The average Bonchev–Trinajstić information content (AvgIpc) is 2.46. The van der Waals surface area contributed by atoms with E-state index in [9.17, 15) is 5.21 Å². The highest BCUT2D eigenvalue weighted by Gasteiger charge is 2.51. The standard InChI is InChI=1S/C16H29NO2/c1-5-11-9-12(6-2)15-13(10-11)16(3,19-4)8-7-14(15)17-18/h11-13,15,18H,5-10H2,1-4H3/b17-14+/t11?,12-,13+,15-,16?/m0/s1. The molecule has 0 amide bonds. The van der Waals surface area contributed by atoms with Gasteiger partial charge in [-0.15, -0.1) is 0 Å². The molecule has 110 valence electrons. The summed E-state index contributed by atoms with van der Waals surface area (Å²) in [4.78, 5) is 0. The Bertz CT molecular complexity index is 342. The molecule has 0 aromatic rings. The van der Waals surface area contributed by atoms with Crippen LogP contribution in [0.5, 0.6) is 0 Å². The zero-order valence-electron chi connectivity index (χ0n) is 12.9. The molecule has 2 aliphatic rings. The van der Waals surface area contributed by atoms with Crippen LogP contribution in [0.3, 0.4) is 0 Å². The summed E-state index contributed by atoms with van der Waals surface area (Å²) in [6, 6.07) is 0. The highest BCUT2D eigenvalue weighted by atomic mass is 16.5. The molecule has 0 radical (unpaired) electrons. The normalized spacial score (nSPS) is 45.2. The van der Waals surface area contributed by atoms with Crippen LogP contribution in [0.2, 0.25) is 0 Å². The van der Waals surface area contributed by atoms with Gasteiger partial charge in [0.25, 0.3) is 0 Å². The first-order valence-electron chi connectivity index (χ1n) is 7.85. The molecule has 3 heteroatoms. The number of hydrogen-bond acceptors (Lipinski definition) is 3. The molecule has 0 aromatic carbocycles. The summed E-state index contributed by atoms with van der Waals surface area (Å²) in [5, 5.41) is 13.0. The predicted molar refractivity (Wildman–Crippen MR) is 77.6 cm³/mol. The number of fused-ring (bicyclic) bond motifs is 1. The Balaban J connectivity index is 2.33. The van der Waals surface area contributed by atoms with Crippen LogP contribution in [0.4, 0.5) is 0 Å². The Morgan fingerprint density at radius 1 is 1.32 bits per heavy atom. The number of nitrogens with zero attached hydrogens (tertiary/aromatic N) is 1. The van der Waals surface area contributed by atoms with E-state index >= 15 is 0 Å². The third-order valence-electron chi connectivity index (χ3n) is 5.91. The number of oxime groups is 1. The highest BCUT2D eigenvalue weighted by Crippen LogP contribution is 2.51. The van der Waals surface area contributed by atoms with Crippen LogP contribution in [0.15, 0.2) is 5.16 Å². The summed E-state index contributed by atoms with van der Waals surface area (Å²) in [5.74, 6) is 2.40. The Labute approximate surface area is 117 Å². The molecule has 2 aliphatic carbocycles. The molecule has 1 N–H and O–H groups in total. The van der Waals surface area contributed by atoms with Gasteiger partial charge in [-0.2, -0.15) is 0 Å². The largest absolute Gasteiger partial charge is 0.411 e. The van der Waals surface area contributed by atoms with E-state index in [4.69, 9.17) is 4.74 Å². The molecular weight excluding hydrogens is 238 g/mol. The quantitative estimate of drug-likeness (QED) is 0.618. The summed E-state index contributed by atoms with van der Waals surface area (Å²) in [5.41, 5.74) is 0.987. The first-order valence-corrected chi connectivity index (χ1v) is 7.85. The van der Waals surface area contributed by atoms with Crippen molar-refractivity contribution < 1.29 is 9.94 Å². The van der Waals surface area contributed by atoms with Gasteiger partial charge in [0.1, 0.15) is 0 Å². The van der Waals surface area contributed by atoms with Crippen molar-refractivity contribution in [2.45, 2.75) is 64.9 Å². The summed E-state index contributed by atoms with van der Waals surface area (Å²) in [6.45, 7) is 6.82. The second-order valence-electron chi connectivity index (χ2n) is 6.65. The van der Waals surface area contributed by atoms with Gasteiger partial charge < -0.3 is 9.94 Å². The van der Waals surface area contributed by atoms with Crippen LogP contribution in [-0.4, -0.2) is 23.6 Å². The monoisotopic (exact) mass is 267 g/mol. The van der Waals surface area contributed by atoms with Crippen molar-refractivity contribution in [2.24, 2.45) is 28.8 Å². The minimum absolute atomic E-state index is 0.0416. The first kappa shape index (κ1) is 14.8. The second-order valence-corrected chi connectivity index (χ2v) is 6.65. The Kier molecular flexibility index (Phi) is 4.54. The minimum Gasteiger partial charge on any atom is -0.411 e. The van der Waals surface area contributed by atoms with E-state index in [1.807, 2.05) is 7.11 Å². The fourth-order valence-electron chi connectivity index (χ4n) is 4.49. The molecule has 0 aliphatic heterocycles. The average molecular weight is 267 g/mol. The van der Waals surface area contributed by atoms with Gasteiger partial charge in [0.2, 0.25) is 0 Å². The van der Waals surface area contributed by atoms with Gasteiger partial charge in [-0.25, -0.2) is 0 Å². The topological polar surface area (TPSA) is 41.8 Å². The third kappa shape index (κ3) is 2.54. The lowest BCUT2D eigenvalue weighted by atomic mass is 9.56. The van der Waals surface area contributed by atoms with Crippen molar-refractivity contribution in [1.82, 2.24) is 0 Å². The van der Waals surface area contributed by atoms with Crippen molar-refractivity contribution >= 4 is 5.71 Å². The van der Waals surface area contributed by atoms with Crippen LogP contribution in [0, 0.1) is 23.7 Å². The van der Waals surface area contributed by atoms with Gasteiger partial charge in [-0.05, 0) is 50.4 Å². The maximum atomic E-state index is 9.36. The molecule has 2 fully saturated rings. The maximum Gasteiger partial charge on any atom is 0.0688 e. The van der Waals surface area contributed by atoms with E-state index in [2.05, 4.69) is 25.9 Å².